The quantitative estimate of drug-likeness (QED) is 0.655. The molecule has 2 aliphatic carbocycles. The van der Waals surface area contributed by atoms with Crippen LogP contribution in [0.4, 0.5) is 0 Å². The van der Waals surface area contributed by atoms with Crippen LogP contribution in [0.1, 0.15) is 64.7 Å². The van der Waals surface area contributed by atoms with Gasteiger partial charge in [0.05, 0.1) is 12.7 Å². The molecule has 2 fully saturated rings. The van der Waals surface area contributed by atoms with Crippen LogP contribution in [0, 0.1) is 11.3 Å². The second-order valence-corrected chi connectivity index (χ2v) is 6.70. The normalized spacial score (nSPS) is 32.8. The van der Waals surface area contributed by atoms with Gasteiger partial charge in [-0.2, -0.15) is 0 Å². The molecule has 2 unspecified atom stereocenters. The van der Waals surface area contributed by atoms with Crippen LogP contribution in [0.3, 0.4) is 0 Å². The Kier molecular flexibility index (Phi) is 5.35. The highest BCUT2D eigenvalue weighted by atomic mass is 79.9. The van der Waals surface area contributed by atoms with Crippen LogP contribution in [0.25, 0.3) is 0 Å². The smallest absolute Gasteiger partial charge is 0.0603 e. The van der Waals surface area contributed by atoms with Gasteiger partial charge in [-0.05, 0) is 31.6 Å². The van der Waals surface area contributed by atoms with Gasteiger partial charge in [0.1, 0.15) is 0 Å². The molecule has 0 bridgehead atoms. The molecule has 0 amide bonds. The lowest BCUT2D eigenvalue weighted by Crippen LogP contribution is -2.33. The van der Waals surface area contributed by atoms with Crippen LogP contribution in [-0.4, -0.2) is 18.0 Å². The van der Waals surface area contributed by atoms with Crippen molar-refractivity contribution < 1.29 is 4.74 Å². The zero-order valence-electron chi connectivity index (χ0n) is 11.2. The maximum absolute atomic E-state index is 6.33. The van der Waals surface area contributed by atoms with E-state index < -0.39 is 0 Å². The molecule has 17 heavy (non-hydrogen) atoms. The van der Waals surface area contributed by atoms with Gasteiger partial charge in [0.25, 0.3) is 0 Å². The molecule has 0 heterocycles. The van der Waals surface area contributed by atoms with Crippen molar-refractivity contribution in [1.82, 2.24) is 0 Å². The SMILES string of the molecule is CCC1CCCCC1OCC1(CBr)CCCC1. The fourth-order valence-electron chi connectivity index (χ4n) is 3.59. The first-order valence-electron chi connectivity index (χ1n) is 7.47. The minimum atomic E-state index is 0.468. The molecule has 2 saturated carbocycles. The van der Waals surface area contributed by atoms with Gasteiger partial charge in [-0.15, -0.1) is 0 Å². The summed E-state index contributed by atoms with van der Waals surface area (Å²) in [5.41, 5.74) is 0.468. The van der Waals surface area contributed by atoms with Crippen molar-refractivity contribution in [3.8, 4) is 0 Å². The summed E-state index contributed by atoms with van der Waals surface area (Å²) in [5, 5.41) is 1.13. The minimum Gasteiger partial charge on any atom is -0.377 e. The van der Waals surface area contributed by atoms with Gasteiger partial charge in [-0.3, -0.25) is 0 Å². The van der Waals surface area contributed by atoms with Gasteiger partial charge < -0.3 is 4.74 Å². The van der Waals surface area contributed by atoms with E-state index in [2.05, 4.69) is 22.9 Å². The highest BCUT2D eigenvalue weighted by Gasteiger charge is 2.35. The van der Waals surface area contributed by atoms with Crippen molar-refractivity contribution >= 4 is 15.9 Å². The molecule has 0 aromatic rings. The van der Waals surface area contributed by atoms with Gasteiger partial charge in [0.15, 0.2) is 0 Å². The summed E-state index contributed by atoms with van der Waals surface area (Å²) in [6.45, 7) is 3.32. The number of alkyl halides is 1. The lowest BCUT2D eigenvalue weighted by atomic mass is 9.84. The maximum atomic E-state index is 6.33. The monoisotopic (exact) mass is 302 g/mol. The van der Waals surface area contributed by atoms with Crippen molar-refractivity contribution in [3.05, 3.63) is 0 Å². The van der Waals surface area contributed by atoms with E-state index in [0.717, 1.165) is 17.9 Å². The molecule has 0 aromatic heterocycles. The summed E-state index contributed by atoms with van der Waals surface area (Å²) in [6.07, 6.45) is 12.9. The Morgan fingerprint density at radius 1 is 1.12 bits per heavy atom. The topological polar surface area (TPSA) is 9.23 Å². The maximum Gasteiger partial charge on any atom is 0.0603 e. The van der Waals surface area contributed by atoms with Crippen LogP contribution in [0.5, 0.6) is 0 Å². The molecule has 2 rings (SSSR count). The zero-order chi connectivity index (χ0) is 12.1. The number of ether oxygens (including phenoxy) is 1. The summed E-state index contributed by atoms with van der Waals surface area (Å²) in [5.74, 6) is 0.831. The Morgan fingerprint density at radius 3 is 2.47 bits per heavy atom. The van der Waals surface area contributed by atoms with E-state index >= 15 is 0 Å². The molecular formula is C15H27BrO. The number of rotatable bonds is 5. The average molecular weight is 303 g/mol. The lowest BCUT2D eigenvalue weighted by Gasteiger charge is -2.35. The van der Waals surface area contributed by atoms with E-state index in [-0.39, 0.29) is 0 Å². The fraction of sp³-hybridized carbons (Fsp3) is 1.00. The molecule has 0 spiro atoms. The van der Waals surface area contributed by atoms with Crippen LogP contribution in [0.2, 0.25) is 0 Å². The summed E-state index contributed by atoms with van der Waals surface area (Å²) in [4.78, 5) is 0. The average Bonchev–Trinajstić information content (AvgIpc) is 2.86. The standard InChI is InChI=1S/C15H27BrO/c1-2-13-7-3-4-8-14(13)17-12-15(11-16)9-5-6-10-15/h13-14H,2-12H2,1H3. The predicted octanol–water partition coefficient (Wildman–Crippen LogP) is 4.93. The first-order valence-corrected chi connectivity index (χ1v) is 8.59. The number of hydrogen-bond donors (Lipinski definition) is 0. The molecule has 0 radical (unpaired) electrons. The van der Waals surface area contributed by atoms with Gasteiger partial charge in [-0.1, -0.05) is 55.0 Å². The molecule has 0 aliphatic heterocycles. The van der Waals surface area contributed by atoms with Crippen molar-refractivity contribution in [2.24, 2.45) is 11.3 Å². The first-order chi connectivity index (χ1) is 8.29. The molecule has 2 aliphatic rings. The van der Waals surface area contributed by atoms with Gasteiger partial charge in [0.2, 0.25) is 0 Å². The Bertz CT molecular complexity index is 223. The molecule has 0 saturated heterocycles. The zero-order valence-corrected chi connectivity index (χ0v) is 12.8. The van der Waals surface area contributed by atoms with Crippen LogP contribution in [0.15, 0.2) is 0 Å². The molecular weight excluding hydrogens is 276 g/mol. The first kappa shape index (κ1) is 13.9. The van der Waals surface area contributed by atoms with Crippen molar-refractivity contribution in [2.75, 3.05) is 11.9 Å². The van der Waals surface area contributed by atoms with E-state index in [0.29, 0.717) is 11.5 Å². The molecule has 0 aromatic carbocycles. The van der Waals surface area contributed by atoms with Crippen LogP contribution < -0.4 is 0 Å². The van der Waals surface area contributed by atoms with E-state index in [1.165, 1.54) is 57.8 Å². The van der Waals surface area contributed by atoms with Crippen LogP contribution in [-0.2, 0) is 4.74 Å². The molecule has 0 N–H and O–H groups in total. The van der Waals surface area contributed by atoms with E-state index in [1.807, 2.05) is 0 Å². The van der Waals surface area contributed by atoms with Crippen molar-refractivity contribution in [2.45, 2.75) is 70.8 Å². The van der Waals surface area contributed by atoms with Crippen molar-refractivity contribution in [3.63, 3.8) is 0 Å². The van der Waals surface area contributed by atoms with Gasteiger partial charge >= 0.3 is 0 Å². The summed E-state index contributed by atoms with van der Waals surface area (Å²) >= 11 is 3.71. The van der Waals surface area contributed by atoms with E-state index in [1.54, 1.807) is 0 Å². The summed E-state index contributed by atoms with van der Waals surface area (Å²) < 4.78 is 6.33. The van der Waals surface area contributed by atoms with Crippen LogP contribution >= 0.6 is 15.9 Å². The summed E-state index contributed by atoms with van der Waals surface area (Å²) in [7, 11) is 0. The molecule has 1 nitrogen and oxygen atoms in total. The predicted molar refractivity (Wildman–Crippen MR) is 76.7 cm³/mol. The van der Waals surface area contributed by atoms with Gasteiger partial charge in [0, 0.05) is 10.7 Å². The Hall–Kier alpha value is 0.440. The second kappa shape index (κ2) is 6.56. The minimum absolute atomic E-state index is 0.468. The Morgan fingerprint density at radius 2 is 1.82 bits per heavy atom. The fourth-order valence-corrected chi connectivity index (χ4v) is 4.31. The molecule has 100 valence electrons. The third kappa shape index (κ3) is 3.47. The largest absolute Gasteiger partial charge is 0.377 e. The van der Waals surface area contributed by atoms with E-state index in [9.17, 15) is 0 Å². The third-order valence-electron chi connectivity index (χ3n) is 4.92. The molecule has 2 atom stereocenters. The summed E-state index contributed by atoms with van der Waals surface area (Å²) in [6, 6.07) is 0. The third-order valence-corrected chi connectivity index (χ3v) is 6.10. The highest BCUT2D eigenvalue weighted by Crippen LogP contribution is 2.41. The number of hydrogen-bond acceptors (Lipinski definition) is 1. The lowest BCUT2D eigenvalue weighted by molar-refractivity contribution is -0.0468. The highest BCUT2D eigenvalue weighted by molar-refractivity contribution is 9.09. The van der Waals surface area contributed by atoms with Gasteiger partial charge in [-0.25, -0.2) is 0 Å². The molecule has 2 heteroatoms. The second-order valence-electron chi connectivity index (χ2n) is 6.14. The van der Waals surface area contributed by atoms with Crippen molar-refractivity contribution in [1.29, 1.82) is 0 Å². The Labute approximate surface area is 115 Å². The Balaban J connectivity index is 1.83. The van der Waals surface area contributed by atoms with E-state index in [4.69, 9.17) is 4.74 Å². The number of halogens is 1.